The molecule has 7 nitrogen and oxygen atoms in total. The topological polar surface area (TPSA) is 83.4 Å². The summed E-state index contributed by atoms with van der Waals surface area (Å²) in [5, 5.41) is 3.92. The number of rotatable bonds is 10. The molecule has 2 N–H and O–H groups in total. The van der Waals surface area contributed by atoms with Gasteiger partial charge >= 0.3 is 0 Å². The fourth-order valence-corrected chi connectivity index (χ4v) is 4.41. The Hall–Kier alpha value is -3.12. The molecule has 168 valence electrons. The number of benzene rings is 2. The average molecular weight is 453 g/mol. The van der Waals surface area contributed by atoms with Gasteiger partial charge in [0.05, 0.1) is 11.4 Å². The minimum atomic E-state index is -3.69. The minimum Gasteiger partial charge on any atom is -0.346 e. The average Bonchev–Trinajstić information content (AvgIpc) is 3.20. The van der Waals surface area contributed by atoms with Crippen LogP contribution in [0.4, 0.5) is 5.69 Å². The molecular formula is C24H28N4O3S. The Morgan fingerprint density at radius 3 is 2.47 bits per heavy atom. The van der Waals surface area contributed by atoms with E-state index < -0.39 is 10.0 Å². The zero-order valence-corrected chi connectivity index (χ0v) is 19.2. The van der Waals surface area contributed by atoms with Crippen LogP contribution in [-0.2, 0) is 16.6 Å². The standard InChI is InChI=1S/C24H28N4O3S/c1-4-14-25-32(30,31)22-10-7-19(8-11-22)24(29)26-21-9-12-23-20(18-21)13-15-28(23)17-16-27(5-2)6-3/h1,7-13,15,18,25H,5-6,14,16-17H2,2-3H3,(H,26,29). The molecule has 0 atom stereocenters. The SMILES string of the molecule is C#CCNS(=O)(=O)c1ccc(C(=O)Nc2ccc3c(ccn3CCN(CC)CC)c2)cc1. The smallest absolute Gasteiger partial charge is 0.255 e. The number of nitrogens with zero attached hydrogens (tertiary/aromatic N) is 2. The first-order chi connectivity index (χ1) is 15.4. The van der Waals surface area contributed by atoms with Crippen LogP contribution in [0.1, 0.15) is 24.2 Å². The van der Waals surface area contributed by atoms with Gasteiger partial charge in [-0.15, -0.1) is 6.42 Å². The number of nitrogens with one attached hydrogen (secondary N) is 2. The summed E-state index contributed by atoms with van der Waals surface area (Å²) < 4.78 is 28.7. The maximum Gasteiger partial charge on any atom is 0.255 e. The van der Waals surface area contributed by atoms with Crippen LogP contribution >= 0.6 is 0 Å². The van der Waals surface area contributed by atoms with Crippen molar-refractivity contribution in [3.63, 3.8) is 0 Å². The number of aromatic nitrogens is 1. The van der Waals surface area contributed by atoms with E-state index in [0.29, 0.717) is 11.3 Å². The second kappa shape index (κ2) is 10.5. The zero-order chi connectivity index (χ0) is 23.1. The van der Waals surface area contributed by atoms with Crippen LogP contribution in [0.5, 0.6) is 0 Å². The molecular weight excluding hydrogens is 424 g/mol. The third-order valence-corrected chi connectivity index (χ3v) is 6.79. The van der Waals surface area contributed by atoms with Gasteiger partial charge in [-0.25, -0.2) is 8.42 Å². The summed E-state index contributed by atoms with van der Waals surface area (Å²) in [5.41, 5.74) is 2.15. The van der Waals surface area contributed by atoms with Crippen molar-refractivity contribution in [2.75, 3.05) is 31.5 Å². The third-order valence-electron chi connectivity index (χ3n) is 5.37. The lowest BCUT2D eigenvalue weighted by atomic mass is 10.2. The highest BCUT2D eigenvalue weighted by Crippen LogP contribution is 2.21. The molecule has 1 amide bonds. The van der Waals surface area contributed by atoms with Crippen LogP contribution in [0, 0.1) is 12.3 Å². The molecule has 0 radical (unpaired) electrons. The lowest BCUT2D eigenvalue weighted by molar-refractivity contribution is 0.102. The van der Waals surface area contributed by atoms with Gasteiger partial charge in [-0.2, -0.15) is 4.72 Å². The Bertz CT molecular complexity index is 1220. The van der Waals surface area contributed by atoms with E-state index in [0.717, 1.165) is 37.1 Å². The summed E-state index contributed by atoms with van der Waals surface area (Å²) >= 11 is 0. The fraction of sp³-hybridized carbons (Fsp3) is 0.292. The molecule has 3 aromatic rings. The van der Waals surface area contributed by atoms with E-state index in [1.807, 2.05) is 24.3 Å². The van der Waals surface area contributed by atoms with Crippen molar-refractivity contribution in [2.24, 2.45) is 0 Å². The van der Waals surface area contributed by atoms with Crippen molar-refractivity contribution in [3.05, 3.63) is 60.3 Å². The number of hydrogen-bond acceptors (Lipinski definition) is 4. The predicted octanol–water partition coefficient (Wildman–Crippen LogP) is 3.15. The fourth-order valence-electron chi connectivity index (χ4n) is 3.47. The summed E-state index contributed by atoms with van der Waals surface area (Å²) in [4.78, 5) is 15.0. The van der Waals surface area contributed by atoms with E-state index in [1.54, 1.807) is 0 Å². The molecule has 0 aliphatic heterocycles. The normalized spacial score (nSPS) is 11.6. The van der Waals surface area contributed by atoms with E-state index >= 15 is 0 Å². The highest BCUT2D eigenvalue weighted by Gasteiger charge is 2.14. The number of terminal acetylenes is 1. The molecule has 2 aromatic carbocycles. The summed E-state index contributed by atoms with van der Waals surface area (Å²) in [7, 11) is -3.69. The van der Waals surface area contributed by atoms with Gasteiger partial charge < -0.3 is 14.8 Å². The molecule has 3 rings (SSSR count). The van der Waals surface area contributed by atoms with E-state index in [-0.39, 0.29) is 17.3 Å². The van der Waals surface area contributed by atoms with Gasteiger partial charge in [-0.3, -0.25) is 4.79 Å². The molecule has 0 aliphatic carbocycles. The van der Waals surface area contributed by atoms with Gasteiger partial charge in [0.1, 0.15) is 0 Å². The molecule has 0 aliphatic rings. The summed E-state index contributed by atoms with van der Waals surface area (Å²) in [6.45, 7) is 8.18. The first kappa shape index (κ1) is 23.5. The predicted molar refractivity (Wildman–Crippen MR) is 128 cm³/mol. The number of carbonyl (C=O) groups is 1. The summed E-state index contributed by atoms with van der Waals surface area (Å²) in [6.07, 6.45) is 7.15. The number of likely N-dealkylation sites (N-methyl/N-ethyl adjacent to an activating group) is 1. The Morgan fingerprint density at radius 1 is 1.09 bits per heavy atom. The van der Waals surface area contributed by atoms with E-state index in [9.17, 15) is 13.2 Å². The van der Waals surface area contributed by atoms with Crippen LogP contribution in [0.15, 0.2) is 59.6 Å². The van der Waals surface area contributed by atoms with Crippen LogP contribution in [0.3, 0.4) is 0 Å². The molecule has 1 heterocycles. The Kier molecular flexibility index (Phi) is 7.70. The number of hydrogen-bond donors (Lipinski definition) is 2. The van der Waals surface area contributed by atoms with Gasteiger partial charge in [0.15, 0.2) is 0 Å². The Labute approximate surface area is 189 Å². The van der Waals surface area contributed by atoms with Crippen molar-refractivity contribution >= 4 is 32.5 Å². The molecule has 0 saturated carbocycles. The lowest BCUT2D eigenvalue weighted by Gasteiger charge is -2.18. The van der Waals surface area contributed by atoms with Gasteiger partial charge in [0, 0.05) is 41.4 Å². The van der Waals surface area contributed by atoms with E-state index in [4.69, 9.17) is 6.42 Å². The van der Waals surface area contributed by atoms with E-state index in [1.165, 1.54) is 24.3 Å². The molecule has 1 aromatic heterocycles. The number of carbonyl (C=O) groups excluding carboxylic acids is 1. The molecule has 0 spiro atoms. The monoisotopic (exact) mass is 452 g/mol. The van der Waals surface area contributed by atoms with Gasteiger partial charge in [0.2, 0.25) is 10.0 Å². The first-order valence-electron chi connectivity index (χ1n) is 10.5. The molecule has 8 heteroatoms. The van der Waals surface area contributed by atoms with Gasteiger partial charge in [-0.1, -0.05) is 19.8 Å². The molecule has 0 saturated heterocycles. The van der Waals surface area contributed by atoms with Crippen molar-refractivity contribution in [1.29, 1.82) is 0 Å². The van der Waals surface area contributed by atoms with Crippen LogP contribution in [0.25, 0.3) is 10.9 Å². The number of anilines is 1. The van der Waals surface area contributed by atoms with E-state index in [2.05, 4.69) is 45.5 Å². The number of sulfonamides is 1. The van der Waals surface area contributed by atoms with Crippen LogP contribution in [-0.4, -0.2) is 50.0 Å². The Balaban J connectivity index is 1.68. The second-order valence-corrected chi connectivity index (χ2v) is 9.08. The molecule has 32 heavy (non-hydrogen) atoms. The maximum absolute atomic E-state index is 12.6. The van der Waals surface area contributed by atoms with Crippen molar-refractivity contribution in [1.82, 2.24) is 14.2 Å². The van der Waals surface area contributed by atoms with Gasteiger partial charge in [0.25, 0.3) is 5.91 Å². The number of fused-ring (bicyclic) bond motifs is 1. The zero-order valence-electron chi connectivity index (χ0n) is 18.3. The van der Waals surface area contributed by atoms with Crippen LogP contribution < -0.4 is 10.0 Å². The second-order valence-electron chi connectivity index (χ2n) is 7.32. The Morgan fingerprint density at radius 2 is 1.81 bits per heavy atom. The molecule has 0 bridgehead atoms. The quantitative estimate of drug-likeness (QED) is 0.463. The van der Waals surface area contributed by atoms with Crippen molar-refractivity contribution < 1.29 is 13.2 Å². The van der Waals surface area contributed by atoms with Crippen LogP contribution in [0.2, 0.25) is 0 Å². The summed E-state index contributed by atoms with van der Waals surface area (Å²) in [5.74, 6) is 1.91. The molecule has 0 unspecified atom stereocenters. The number of amides is 1. The first-order valence-corrected chi connectivity index (χ1v) is 12.0. The maximum atomic E-state index is 12.6. The lowest BCUT2D eigenvalue weighted by Crippen LogP contribution is -2.26. The largest absolute Gasteiger partial charge is 0.346 e. The highest BCUT2D eigenvalue weighted by molar-refractivity contribution is 7.89. The van der Waals surface area contributed by atoms with Crippen molar-refractivity contribution in [2.45, 2.75) is 25.3 Å². The minimum absolute atomic E-state index is 0.0526. The highest BCUT2D eigenvalue weighted by atomic mass is 32.2. The third kappa shape index (κ3) is 5.56. The molecule has 0 fully saturated rings. The summed E-state index contributed by atoms with van der Waals surface area (Å²) in [6, 6.07) is 13.6. The van der Waals surface area contributed by atoms with Crippen molar-refractivity contribution in [3.8, 4) is 12.3 Å². The van der Waals surface area contributed by atoms with Gasteiger partial charge in [-0.05, 0) is 61.6 Å².